The van der Waals surface area contributed by atoms with Crippen molar-refractivity contribution in [3.05, 3.63) is 17.9 Å². The van der Waals surface area contributed by atoms with Gasteiger partial charge in [-0.1, -0.05) is 10.8 Å². The fraction of sp³-hybridized carbons (Fsp3) is 0.250. The third-order valence-corrected chi connectivity index (χ3v) is 1.61. The van der Waals surface area contributed by atoms with Gasteiger partial charge in [0.1, 0.15) is 0 Å². The van der Waals surface area contributed by atoms with Gasteiger partial charge in [-0.25, -0.2) is 12.2 Å². The molecular weight excluding hydrogens is 103 g/mol. The quantitative estimate of drug-likeness (QED) is 0.247. The Labute approximate surface area is 57.8 Å². The Morgan fingerprint density at radius 2 is 2.43 bits per heavy atom. The van der Waals surface area contributed by atoms with E-state index in [1.165, 1.54) is 0 Å². The molecule has 0 radical (unpaired) electrons. The smallest absolute Gasteiger partial charge is 0.276 e. The summed E-state index contributed by atoms with van der Waals surface area (Å²) in [6.07, 6.45) is 3.73. The summed E-state index contributed by atoms with van der Waals surface area (Å²) in [5.41, 5.74) is 0. The molecule has 1 aliphatic heterocycles. The Bertz CT molecular complexity index is 89.9. The summed E-state index contributed by atoms with van der Waals surface area (Å²) < 4.78 is 10.2. The first-order chi connectivity index (χ1) is 2.89. The summed E-state index contributed by atoms with van der Waals surface area (Å²) in [6.45, 7) is 0. The zero-order chi connectivity index (χ0) is 4.41. The van der Waals surface area contributed by atoms with Crippen LogP contribution in [0, 0.1) is 5.75 Å². The summed E-state index contributed by atoms with van der Waals surface area (Å²) in [7, 11) is -0.659. The molecule has 1 unspecified atom stereocenters. The van der Waals surface area contributed by atoms with Crippen LogP contribution < -0.4 is 18.9 Å². The molecule has 0 spiro atoms. The van der Waals surface area contributed by atoms with Crippen molar-refractivity contribution in [1.82, 2.24) is 0 Å². The predicted octanol–water partition coefficient (Wildman–Crippen LogP) is -2.53. The fourth-order valence-corrected chi connectivity index (χ4v) is 1.05. The van der Waals surface area contributed by atoms with Gasteiger partial charge in [-0.3, -0.25) is 4.21 Å². The van der Waals surface area contributed by atoms with E-state index in [0.717, 1.165) is 5.75 Å². The molecule has 34 valence electrons. The van der Waals surface area contributed by atoms with E-state index in [2.05, 4.69) is 0 Å². The van der Waals surface area contributed by atoms with Crippen LogP contribution in [0.25, 0.3) is 0 Å². The van der Waals surface area contributed by atoms with Gasteiger partial charge in [0.15, 0.2) is 0 Å². The molecule has 1 rings (SSSR count). The van der Waals surface area contributed by atoms with Crippen molar-refractivity contribution < 1.29 is 23.1 Å². The van der Waals surface area contributed by atoms with Crippen LogP contribution >= 0.6 is 0 Å². The minimum atomic E-state index is -0.659. The second-order valence-corrected chi connectivity index (χ2v) is 2.48. The average Bonchev–Trinajstić information content (AvgIpc) is 1.86. The fourth-order valence-electron chi connectivity index (χ4n) is 0.349. The van der Waals surface area contributed by atoms with E-state index in [0.29, 0.717) is 0 Å². The van der Waals surface area contributed by atoms with E-state index in [1.807, 2.05) is 12.2 Å². The van der Waals surface area contributed by atoms with Crippen molar-refractivity contribution in [3.8, 4) is 0 Å². The van der Waals surface area contributed by atoms with Gasteiger partial charge < -0.3 is 0 Å². The molecule has 3 heteroatoms. The van der Waals surface area contributed by atoms with Crippen LogP contribution in [0.15, 0.2) is 12.2 Å². The predicted molar refractivity (Wildman–Crippen MR) is 26.4 cm³/mol. The minimum Gasteiger partial charge on any atom is -0.276 e. The minimum absolute atomic E-state index is 0. The molecule has 1 nitrogen and oxygen atoms in total. The van der Waals surface area contributed by atoms with Crippen LogP contribution in [0.1, 0.15) is 0 Å². The molecule has 1 heterocycles. The molecule has 0 fully saturated rings. The summed E-state index contributed by atoms with van der Waals surface area (Å²) in [5.74, 6) is 2.42. The van der Waals surface area contributed by atoms with Crippen molar-refractivity contribution >= 4 is 10.8 Å². The molecule has 0 saturated carbocycles. The maximum absolute atomic E-state index is 10.2. The first-order valence-corrected chi connectivity index (χ1v) is 3.15. The summed E-state index contributed by atoms with van der Waals surface area (Å²) in [5, 5.41) is 0. The van der Waals surface area contributed by atoms with Gasteiger partial charge in [-0.2, -0.15) is 0 Å². The van der Waals surface area contributed by atoms with Gasteiger partial charge in [0.25, 0.3) is 0 Å². The third kappa shape index (κ3) is 2.23. The molecule has 0 aromatic heterocycles. The van der Waals surface area contributed by atoms with E-state index in [4.69, 9.17) is 0 Å². The van der Waals surface area contributed by atoms with Crippen LogP contribution in [0.3, 0.4) is 0 Å². The molecule has 1 atom stereocenters. The van der Waals surface area contributed by atoms with Gasteiger partial charge >= 0.3 is 18.9 Å². The van der Waals surface area contributed by atoms with E-state index in [9.17, 15) is 4.21 Å². The van der Waals surface area contributed by atoms with Crippen molar-refractivity contribution in [2.75, 3.05) is 5.75 Å². The molecule has 7 heavy (non-hydrogen) atoms. The standard InChI is InChI=1S/C4H5OS.Li/c5-6-3-1-2-4-6;/h1-3H,4H2;/q-1;+1. The van der Waals surface area contributed by atoms with E-state index < -0.39 is 10.8 Å². The van der Waals surface area contributed by atoms with Crippen LogP contribution in [0.2, 0.25) is 0 Å². The van der Waals surface area contributed by atoms with E-state index >= 15 is 0 Å². The molecule has 0 N–H and O–H groups in total. The van der Waals surface area contributed by atoms with Gasteiger partial charge in [-0.05, 0) is 5.75 Å². The van der Waals surface area contributed by atoms with Gasteiger partial charge in [0.05, 0.1) is 0 Å². The van der Waals surface area contributed by atoms with Crippen LogP contribution in [-0.2, 0) is 10.8 Å². The first-order valence-electron chi connectivity index (χ1n) is 1.77. The van der Waals surface area contributed by atoms with E-state index in [-0.39, 0.29) is 18.9 Å². The Morgan fingerprint density at radius 1 is 1.71 bits per heavy atom. The zero-order valence-electron chi connectivity index (χ0n) is 4.26. The maximum atomic E-state index is 10.2. The average molecular weight is 108 g/mol. The topological polar surface area (TPSA) is 17.1 Å². The molecule has 0 bridgehead atoms. The van der Waals surface area contributed by atoms with Crippen LogP contribution in [-0.4, -0.2) is 9.96 Å². The van der Waals surface area contributed by atoms with Gasteiger partial charge in [0, 0.05) is 0 Å². The summed E-state index contributed by atoms with van der Waals surface area (Å²) in [6, 6.07) is 0. The molecule has 0 amide bonds. The number of rotatable bonds is 0. The SMILES string of the molecule is O=S1[CH-]C=CC1.[Li+]. The molecule has 0 saturated heterocycles. The van der Waals surface area contributed by atoms with Crippen molar-refractivity contribution in [2.45, 2.75) is 0 Å². The van der Waals surface area contributed by atoms with Crippen LogP contribution in [0.5, 0.6) is 0 Å². The second-order valence-electron chi connectivity index (χ2n) is 1.11. The van der Waals surface area contributed by atoms with E-state index in [1.54, 1.807) is 5.75 Å². The molecule has 1 aliphatic rings. The first kappa shape index (κ1) is 7.36. The third-order valence-electron chi connectivity index (χ3n) is 0.627. The molecule has 0 aromatic rings. The second kappa shape index (κ2) is 3.37. The van der Waals surface area contributed by atoms with Gasteiger partial charge in [0.2, 0.25) is 0 Å². The Morgan fingerprint density at radius 3 is 2.57 bits per heavy atom. The maximum Gasteiger partial charge on any atom is 1.00 e. The molecular formula is C4H5LiOS. The molecule has 0 aliphatic carbocycles. The Kier molecular flexibility index (Phi) is 3.54. The Hall–Kier alpha value is 0.357. The zero-order valence-corrected chi connectivity index (χ0v) is 5.07. The van der Waals surface area contributed by atoms with Gasteiger partial charge in [-0.15, -0.1) is 5.75 Å². The van der Waals surface area contributed by atoms with Crippen molar-refractivity contribution in [1.29, 1.82) is 0 Å². The molecule has 0 aromatic carbocycles. The number of hydrogen-bond acceptors (Lipinski definition) is 1. The summed E-state index contributed by atoms with van der Waals surface area (Å²) in [4.78, 5) is 0. The Balaban J connectivity index is 0.000000360. The monoisotopic (exact) mass is 108 g/mol. The number of hydrogen-bond donors (Lipinski definition) is 0. The summed E-state index contributed by atoms with van der Waals surface area (Å²) >= 11 is 0. The normalized spacial score (nSPS) is 26.0. The van der Waals surface area contributed by atoms with Crippen molar-refractivity contribution in [3.63, 3.8) is 0 Å². The largest absolute Gasteiger partial charge is 1.00 e. The van der Waals surface area contributed by atoms with Crippen LogP contribution in [0.4, 0.5) is 0 Å². The van der Waals surface area contributed by atoms with Crippen molar-refractivity contribution in [2.24, 2.45) is 0 Å².